The predicted molar refractivity (Wildman–Crippen MR) is 67.5 cm³/mol. The summed E-state index contributed by atoms with van der Waals surface area (Å²) in [5.41, 5.74) is 2.73. The fourth-order valence-corrected chi connectivity index (χ4v) is 2.87. The van der Waals surface area contributed by atoms with Crippen molar-refractivity contribution in [1.29, 1.82) is 0 Å². The number of aromatic nitrogens is 1. The lowest BCUT2D eigenvalue weighted by molar-refractivity contribution is 0.284. The highest BCUT2D eigenvalue weighted by molar-refractivity contribution is 7.15. The number of aryl methyl sites for hydroxylation is 2. The van der Waals surface area contributed by atoms with E-state index in [0.29, 0.717) is 0 Å². The molecule has 1 aromatic carbocycles. The normalized spacial score (nSPS) is 10.8. The van der Waals surface area contributed by atoms with Crippen molar-refractivity contribution in [3.63, 3.8) is 0 Å². The van der Waals surface area contributed by atoms with Crippen LogP contribution in [0, 0.1) is 12.7 Å². The molecule has 2 rings (SSSR count). The quantitative estimate of drug-likeness (QED) is 0.907. The molecule has 0 aliphatic carbocycles. The molecule has 1 aromatic heterocycles. The van der Waals surface area contributed by atoms with E-state index < -0.39 is 0 Å². The van der Waals surface area contributed by atoms with E-state index in [4.69, 9.17) is 0 Å². The zero-order valence-electron chi connectivity index (χ0n) is 9.83. The SMILES string of the molecule is CCc1nc(-c2ccc(F)cc2C)sc1CO. The van der Waals surface area contributed by atoms with Gasteiger partial charge in [-0.15, -0.1) is 11.3 Å². The second-order valence-corrected chi connectivity index (χ2v) is 4.94. The van der Waals surface area contributed by atoms with Crippen molar-refractivity contribution >= 4 is 11.3 Å². The van der Waals surface area contributed by atoms with Gasteiger partial charge in [0.2, 0.25) is 0 Å². The van der Waals surface area contributed by atoms with Crippen molar-refractivity contribution in [3.05, 3.63) is 40.2 Å². The van der Waals surface area contributed by atoms with Gasteiger partial charge in [0.05, 0.1) is 17.2 Å². The first-order valence-corrected chi connectivity index (χ1v) is 6.33. The molecule has 0 aliphatic rings. The zero-order valence-corrected chi connectivity index (χ0v) is 10.6. The lowest BCUT2D eigenvalue weighted by Crippen LogP contribution is -1.88. The molecular weight excluding hydrogens is 237 g/mol. The monoisotopic (exact) mass is 251 g/mol. The topological polar surface area (TPSA) is 33.1 Å². The molecule has 0 spiro atoms. The Labute approximate surface area is 104 Å². The number of benzene rings is 1. The van der Waals surface area contributed by atoms with Crippen LogP contribution in [0.2, 0.25) is 0 Å². The highest BCUT2D eigenvalue weighted by atomic mass is 32.1. The van der Waals surface area contributed by atoms with Gasteiger partial charge in [-0.05, 0) is 37.1 Å². The fraction of sp³-hybridized carbons (Fsp3) is 0.308. The molecular formula is C13H14FNOS. The van der Waals surface area contributed by atoms with Gasteiger partial charge in [0, 0.05) is 5.56 Å². The largest absolute Gasteiger partial charge is 0.391 e. The molecule has 0 bridgehead atoms. The number of thiazole rings is 1. The van der Waals surface area contributed by atoms with E-state index in [1.54, 1.807) is 6.07 Å². The fourth-order valence-electron chi connectivity index (χ4n) is 1.77. The summed E-state index contributed by atoms with van der Waals surface area (Å²) < 4.78 is 13.0. The molecule has 0 saturated heterocycles. The Balaban J connectivity index is 2.49. The van der Waals surface area contributed by atoms with Crippen molar-refractivity contribution in [2.24, 2.45) is 0 Å². The van der Waals surface area contributed by atoms with E-state index in [2.05, 4.69) is 4.98 Å². The van der Waals surface area contributed by atoms with Gasteiger partial charge >= 0.3 is 0 Å². The highest BCUT2D eigenvalue weighted by Gasteiger charge is 2.12. The predicted octanol–water partition coefficient (Wildman–Crippen LogP) is 3.31. The molecule has 17 heavy (non-hydrogen) atoms. The molecule has 0 radical (unpaired) electrons. The van der Waals surface area contributed by atoms with Crippen LogP contribution in [0.5, 0.6) is 0 Å². The number of nitrogens with zero attached hydrogens (tertiary/aromatic N) is 1. The summed E-state index contributed by atoms with van der Waals surface area (Å²) >= 11 is 1.47. The Kier molecular flexibility index (Phi) is 3.54. The summed E-state index contributed by atoms with van der Waals surface area (Å²) in [6.07, 6.45) is 0.798. The van der Waals surface area contributed by atoms with E-state index in [-0.39, 0.29) is 12.4 Å². The average Bonchev–Trinajstić information content (AvgIpc) is 2.72. The van der Waals surface area contributed by atoms with Crippen LogP contribution in [0.25, 0.3) is 10.6 Å². The number of hydrogen-bond donors (Lipinski definition) is 1. The van der Waals surface area contributed by atoms with Gasteiger partial charge in [-0.3, -0.25) is 0 Å². The second kappa shape index (κ2) is 4.94. The summed E-state index contributed by atoms with van der Waals surface area (Å²) in [4.78, 5) is 5.39. The Morgan fingerprint density at radius 3 is 2.71 bits per heavy atom. The standard InChI is InChI=1S/C13H14FNOS/c1-3-11-12(7-16)17-13(15-11)10-5-4-9(14)6-8(10)2/h4-6,16H,3,7H2,1-2H3. The first-order valence-electron chi connectivity index (χ1n) is 5.51. The molecule has 2 nitrogen and oxygen atoms in total. The molecule has 0 fully saturated rings. The Morgan fingerprint density at radius 2 is 2.18 bits per heavy atom. The van der Waals surface area contributed by atoms with E-state index in [1.165, 1.54) is 23.5 Å². The smallest absolute Gasteiger partial charge is 0.124 e. The van der Waals surface area contributed by atoms with Crippen molar-refractivity contribution in [2.75, 3.05) is 0 Å². The maximum absolute atomic E-state index is 13.0. The molecule has 2 aromatic rings. The summed E-state index contributed by atoms with van der Waals surface area (Å²) in [7, 11) is 0. The minimum atomic E-state index is -0.235. The van der Waals surface area contributed by atoms with Crippen LogP contribution in [0.1, 0.15) is 23.1 Å². The average molecular weight is 251 g/mol. The van der Waals surface area contributed by atoms with Crippen LogP contribution in [-0.2, 0) is 13.0 Å². The van der Waals surface area contributed by atoms with Crippen molar-refractivity contribution in [1.82, 2.24) is 4.98 Å². The Hall–Kier alpha value is -1.26. The molecule has 1 heterocycles. The number of halogens is 1. The van der Waals surface area contributed by atoms with Gasteiger partial charge < -0.3 is 5.11 Å². The second-order valence-electron chi connectivity index (χ2n) is 3.86. The minimum absolute atomic E-state index is 0.0150. The molecule has 0 saturated carbocycles. The van der Waals surface area contributed by atoms with Crippen LogP contribution < -0.4 is 0 Å². The van der Waals surface area contributed by atoms with Crippen molar-refractivity contribution in [2.45, 2.75) is 26.9 Å². The van der Waals surface area contributed by atoms with E-state index in [9.17, 15) is 9.50 Å². The minimum Gasteiger partial charge on any atom is -0.391 e. The summed E-state index contributed by atoms with van der Waals surface area (Å²) in [6, 6.07) is 4.68. The van der Waals surface area contributed by atoms with Crippen molar-refractivity contribution < 1.29 is 9.50 Å². The van der Waals surface area contributed by atoms with Gasteiger partial charge in [0.1, 0.15) is 10.8 Å². The highest BCUT2D eigenvalue weighted by Crippen LogP contribution is 2.30. The van der Waals surface area contributed by atoms with Gasteiger partial charge in [-0.1, -0.05) is 6.92 Å². The maximum atomic E-state index is 13.0. The Bertz CT molecular complexity index is 515. The summed E-state index contributed by atoms with van der Waals surface area (Å²) in [5, 5.41) is 10.1. The Morgan fingerprint density at radius 1 is 1.41 bits per heavy atom. The zero-order chi connectivity index (χ0) is 12.4. The van der Waals surface area contributed by atoms with E-state index in [0.717, 1.165) is 33.1 Å². The van der Waals surface area contributed by atoms with Crippen LogP contribution in [0.4, 0.5) is 4.39 Å². The summed E-state index contributed by atoms with van der Waals surface area (Å²) in [5.74, 6) is -0.235. The lowest BCUT2D eigenvalue weighted by atomic mass is 10.1. The van der Waals surface area contributed by atoms with Crippen LogP contribution in [0.3, 0.4) is 0 Å². The van der Waals surface area contributed by atoms with Gasteiger partial charge in [0.25, 0.3) is 0 Å². The third-order valence-electron chi connectivity index (χ3n) is 2.68. The maximum Gasteiger partial charge on any atom is 0.124 e. The lowest BCUT2D eigenvalue weighted by Gasteiger charge is -2.01. The molecule has 90 valence electrons. The molecule has 0 unspecified atom stereocenters. The van der Waals surface area contributed by atoms with Gasteiger partial charge in [-0.2, -0.15) is 0 Å². The number of aliphatic hydroxyl groups excluding tert-OH is 1. The number of aliphatic hydroxyl groups is 1. The third-order valence-corrected chi connectivity index (χ3v) is 3.79. The van der Waals surface area contributed by atoms with Crippen LogP contribution in [0.15, 0.2) is 18.2 Å². The molecule has 1 N–H and O–H groups in total. The van der Waals surface area contributed by atoms with Gasteiger partial charge in [0.15, 0.2) is 0 Å². The number of rotatable bonds is 3. The van der Waals surface area contributed by atoms with Crippen molar-refractivity contribution in [3.8, 4) is 10.6 Å². The van der Waals surface area contributed by atoms with Crippen LogP contribution >= 0.6 is 11.3 Å². The molecule has 0 atom stereocenters. The molecule has 0 amide bonds. The van der Waals surface area contributed by atoms with Crippen LogP contribution in [-0.4, -0.2) is 10.1 Å². The first kappa shape index (κ1) is 12.2. The molecule has 0 aliphatic heterocycles. The third kappa shape index (κ3) is 2.37. The first-order chi connectivity index (χ1) is 8.15. The molecule has 4 heteroatoms. The van der Waals surface area contributed by atoms with E-state index >= 15 is 0 Å². The van der Waals surface area contributed by atoms with E-state index in [1.807, 2.05) is 13.8 Å². The number of hydrogen-bond acceptors (Lipinski definition) is 3. The summed E-state index contributed by atoms with van der Waals surface area (Å²) in [6.45, 7) is 3.89. The van der Waals surface area contributed by atoms with Gasteiger partial charge in [-0.25, -0.2) is 9.37 Å².